The summed E-state index contributed by atoms with van der Waals surface area (Å²) in [6, 6.07) is 2.94. The summed E-state index contributed by atoms with van der Waals surface area (Å²) in [7, 11) is 0. The second kappa shape index (κ2) is 6.75. The Morgan fingerprint density at radius 2 is 1.80 bits per heavy atom. The molecule has 0 bridgehead atoms. The number of halogens is 3. The molecule has 1 aliphatic rings. The molecule has 1 aromatic carbocycles. The highest BCUT2D eigenvalue weighted by Gasteiger charge is 2.34. The largest absolute Gasteiger partial charge is 0.491 e. The van der Waals surface area contributed by atoms with Gasteiger partial charge in [-0.25, -0.2) is 0 Å². The van der Waals surface area contributed by atoms with E-state index in [2.05, 4.69) is 47.8 Å². The Bertz CT molecular complexity index is 493. The van der Waals surface area contributed by atoms with Crippen LogP contribution in [0.15, 0.2) is 21.1 Å². The molecule has 0 unspecified atom stereocenters. The molecule has 1 aromatic rings. The molecule has 0 N–H and O–H groups in total. The van der Waals surface area contributed by atoms with Crippen LogP contribution < -0.4 is 4.74 Å². The van der Waals surface area contributed by atoms with Gasteiger partial charge < -0.3 is 4.74 Å². The normalized spacial score (nSPS) is 17.1. The van der Waals surface area contributed by atoms with Crippen molar-refractivity contribution in [2.24, 2.45) is 5.41 Å². The molecular weight excluding hydrogens is 458 g/mol. The smallest absolute Gasteiger partial charge is 0.271 e. The van der Waals surface area contributed by atoms with Gasteiger partial charge in [-0.15, -0.1) is 0 Å². The van der Waals surface area contributed by atoms with E-state index in [1.165, 1.54) is 25.0 Å². The zero-order valence-corrected chi connectivity index (χ0v) is 15.5. The van der Waals surface area contributed by atoms with Gasteiger partial charge in [0.1, 0.15) is 5.75 Å². The summed E-state index contributed by atoms with van der Waals surface area (Å²) in [5, 5.41) is 11.7. The molecular formula is C13H14Br3NO3. The molecule has 0 spiro atoms. The zero-order chi connectivity index (χ0) is 14.8. The summed E-state index contributed by atoms with van der Waals surface area (Å²) in [5.41, 5.74) is 0.216. The third kappa shape index (κ3) is 3.54. The van der Waals surface area contributed by atoms with Crippen molar-refractivity contribution in [2.45, 2.75) is 25.7 Å². The number of rotatable bonds is 5. The van der Waals surface area contributed by atoms with Gasteiger partial charge in [-0.05, 0) is 44.7 Å². The number of nitro groups is 1. The van der Waals surface area contributed by atoms with E-state index in [-0.39, 0.29) is 11.1 Å². The van der Waals surface area contributed by atoms with Crippen molar-refractivity contribution in [3.8, 4) is 5.75 Å². The molecule has 7 heteroatoms. The number of hydrogen-bond acceptors (Lipinski definition) is 3. The van der Waals surface area contributed by atoms with Crippen LogP contribution in [0.5, 0.6) is 5.75 Å². The van der Waals surface area contributed by atoms with Gasteiger partial charge in [-0.3, -0.25) is 10.1 Å². The second-order valence-electron chi connectivity index (χ2n) is 5.13. The van der Waals surface area contributed by atoms with Crippen molar-refractivity contribution in [1.29, 1.82) is 0 Å². The maximum atomic E-state index is 10.8. The molecule has 0 heterocycles. The van der Waals surface area contributed by atoms with Crippen molar-refractivity contribution in [3.05, 3.63) is 31.2 Å². The van der Waals surface area contributed by atoms with Gasteiger partial charge in [-0.2, -0.15) is 0 Å². The molecule has 0 amide bonds. The standard InChI is InChI=1S/C13H14Br3NO3/c14-7-13(3-1-2-4-13)8-20-12-10(15)5-9(17(18)19)6-11(12)16/h5-6H,1-4,7-8H2. The Morgan fingerprint density at radius 3 is 2.25 bits per heavy atom. The van der Waals surface area contributed by atoms with Gasteiger partial charge in [0, 0.05) is 22.9 Å². The molecule has 4 nitrogen and oxygen atoms in total. The second-order valence-corrected chi connectivity index (χ2v) is 7.39. The van der Waals surface area contributed by atoms with E-state index in [0.717, 1.165) is 18.2 Å². The highest BCUT2D eigenvalue weighted by Crippen LogP contribution is 2.42. The van der Waals surface area contributed by atoms with Crippen molar-refractivity contribution in [2.75, 3.05) is 11.9 Å². The van der Waals surface area contributed by atoms with Crippen molar-refractivity contribution >= 4 is 53.5 Å². The molecule has 1 saturated carbocycles. The van der Waals surface area contributed by atoms with Crippen LogP contribution in [0, 0.1) is 15.5 Å². The SMILES string of the molecule is O=[N+]([O-])c1cc(Br)c(OCC2(CBr)CCCC2)c(Br)c1. The first-order chi connectivity index (χ1) is 9.47. The molecule has 1 fully saturated rings. The quantitative estimate of drug-likeness (QED) is 0.326. The fourth-order valence-corrected chi connectivity index (χ4v) is 4.57. The van der Waals surface area contributed by atoms with Crippen LogP contribution in [0.1, 0.15) is 25.7 Å². The predicted octanol–water partition coefficient (Wildman–Crippen LogP) is 5.45. The van der Waals surface area contributed by atoms with Gasteiger partial charge in [-0.1, -0.05) is 28.8 Å². The van der Waals surface area contributed by atoms with Crippen LogP contribution in [0.2, 0.25) is 0 Å². The minimum absolute atomic E-state index is 0.0344. The van der Waals surface area contributed by atoms with E-state index >= 15 is 0 Å². The number of nitro benzene ring substituents is 1. The fraction of sp³-hybridized carbons (Fsp3) is 0.538. The molecule has 20 heavy (non-hydrogen) atoms. The average Bonchev–Trinajstić information content (AvgIpc) is 2.87. The zero-order valence-electron chi connectivity index (χ0n) is 10.7. The maximum Gasteiger partial charge on any atom is 0.271 e. The Balaban J connectivity index is 2.15. The molecule has 0 radical (unpaired) electrons. The lowest BCUT2D eigenvalue weighted by molar-refractivity contribution is -0.385. The summed E-state index contributed by atoms with van der Waals surface area (Å²) in [6.45, 7) is 0.618. The van der Waals surface area contributed by atoms with E-state index in [1.807, 2.05) is 0 Å². The Labute approximate surface area is 142 Å². The van der Waals surface area contributed by atoms with E-state index in [0.29, 0.717) is 21.3 Å². The molecule has 2 rings (SSSR count). The lowest BCUT2D eigenvalue weighted by atomic mass is 9.90. The highest BCUT2D eigenvalue weighted by molar-refractivity contribution is 9.11. The van der Waals surface area contributed by atoms with E-state index in [1.54, 1.807) is 0 Å². The van der Waals surface area contributed by atoms with Gasteiger partial charge in [0.05, 0.1) is 20.5 Å². The first kappa shape index (κ1) is 16.2. The summed E-state index contributed by atoms with van der Waals surface area (Å²) in [5.74, 6) is 0.628. The van der Waals surface area contributed by atoms with Gasteiger partial charge in [0.15, 0.2) is 0 Å². The lowest BCUT2D eigenvalue weighted by Crippen LogP contribution is -2.27. The molecule has 0 saturated heterocycles. The molecule has 0 aromatic heterocycles. The number of alkyl halides is 1. The van der Waals surface area contributed by atoms with Gasteiger partial charge in [0.25, 0.3) is 5.69 Å². The summed E-state index contributed by atoms with van der Waals surface area (Å²) in [4.78, 5) is 10.4. The first-order valence-electron chi connectivity index (χ1n) is 6.30. The van der Waals surface area contributed by atoms with Crippen LogP contribution in [0.3, 0.4) is 0 Å². The Morgan fingerprint density at radius 1 is 1.25 bits per heavy atom. The van der Waals surface area contributed by atoms with Crippen LogP contribution in [-0.2, 0) is 0 Å². The summed E-state index contributed by atoms with van der Waals surface area (Å²) in [6.07, 6.45) is 4.77. The average molecular weight is 472 g/mol. The monoisotopic (exact) mass is 469 g/mol. The Kier molecular flexibility index (Phi) is 5.48. The minimum Gasteiger partial charge on any atom is -0.491 e. The third-order valence-corrected chi connectivity index (χ3v) is 6.03. The topological polar surface area (TPSA) is 52.4 Å². The lowest BCUT2D eigenvalue weighted by Gasteiger charge is -2.27. The number of non-ortho nitro benzene ring substituents is 1. The number of ether oxygens (including phenoxy) is 1. The van der Waals surface area contributed by atoms with Crippen molar-refractivity contribution in [3.63, 3.8) is 0 Å². The summed E-state index contributed by atoms with van der Waals surface area (Å²) >= 11 is 10.3. The first-order valence-corrected chi connectivity index (χ1v) is 9.00. The summed E-state index contributed by atoms with van der Waals surface area (Å²) < 4.78 is 7.13. The molecule has 0 aliphatic heterocycles. The number of nitrogens with zero attached hydrogens (tertiary/aromatic N) is 1. The van der Waals surface area contributed by atoms with Crippen molar-refractivity contribution < 1.29 is 9.66 Å². The maximum absolute atomic E-state index is 10.8. The highest BCUT2D eigenvalue weighted by atomic mass is 79.9. The van der Waals surface area contributed by atoms with E-state index in [9.17, 15) is 10.1 Å². The van der Waals surface area contributed by atoms with E-state index in [4.69, 9.17) is 4.74 Å². The van der Waals surface area contributed by atoms with Crippen LogP contribution in [-0.4, -0.2) is 16.9 Å². The van der Waals surface area contributed by atoms with E-state index < -0.39 is 4.92 Å². The van der Waals surface area contributed by atoms with Crippen LogP contribution >= 0.6 is 47.8 Å². The van der Waals surface area contributed by atoms with Crippen LogP contribution in [0.25, 0.3) is 0 Å². The number of benzene rings is 1. The molecule has 1 aliphatic carbocycles. The van der Waals surface area contributed by atoms with Gasteiger partial charge in [0.2, 0.25) is 0 Å². The van der Waals surface area contributed by atoms with Crippen molar-refractivity contribution in [1.82, 2.24) is 0 Å². The molecule has 110 valence electrons. The Hall–Kier alpha value is -0.140. The fourth-order valence-electron chi connectivity index (χ4n) is 2.46. The predicted molar refractivity (Wildman–Crippen MR) is 88.7 cm³/mol. The number of hydrogen-bond donors (Lipinski definition) is 0. The minimum atomic E-state index is -0.420. The molecule has 0 atom stereocenters. The third-order valence-electron chi connectivity index (χ3n) is 3.66. The van der Waals surface area contributed by atoms with Crippen LogP contribution in [0.4, 0.5) is 5.69 Å². The van der Waals surface area contributed by atoms with Gasteiger partial charge >= 0.3 is 0 Å².